The molecule has 176 valence electrons. The van der Waals surface area contributed by atoms with E-state index in [1.54, 1.807) is 53.9 Å². The SMILES string of the molecule is Cc1ccc(S(=O)(=O)n2cc(/C=N\n3cnc4sc5c(c4c3=O)CCCC5)c3ccccc32)cc1. The Hall–Kier alpha value is -3.56. The number of hydrogen-bond acceptors (Lipinski definition) is 6. The lowest BCUT2D eigenvalue weighted by Gasteiger charge is -2.09. The monoisotopic (exact) mass is 502 g/mol. The molecule has 0 radical (unpaired) electrons. The van der Waals surface area contributed by atoms with E-state index in [2.05, 4.69) is 10.1 Å². The van der Waals surface area contributed by atoms with E-state index < -0.39 is 10.0 Å². The second-order valence-corrected chi connectivity index (χ2v) is 11.6. The predicted molar refractivity (Wildman–Crippen MR) is 139 cm³/mol. The summed E-state index contributed by atoms with van der Waals surface area (Å²) >= 11 is 1.60. The van der Waals surface area contributed by atoms with Gasteiger partial charge in [-0.2, -0.15) is 9.78 Å². The van der Waals surface area contributed by atoms with Crippen LogP contribution in [0.2, 0.25) is 0 Å². The van der Waals surface area contributed by atoms with Gasteiger partial charge in [-0.05, 0) is 56.4 Å². The van der Waals surface area contributed by atoms with Crippen molar-refractivity contribution < 1.29 is 8.42 Å². The molecule has 3 aromatic heterocycles. The summed E-state index contributed by atoms with van der Waals surface area (Å²) in [7, 11) is -3.81. The molecule has 35 heavy (non-hydrogen) atoms. The number of fused-ring (bicyclic) bond motifs is 4. The molecule has 3 heterocycles. The first kappa shape index (κ1) is 21.9. The fourth-order valence-corrected chi connectivity index (χ4v) is 7.24. The fourth-order valence-electron chi connectivity index (χ4n) is 4.64. The topological polar surface area (TPSA) is 86.3 Å². The van der Waals surface area contributed by atoms with Crippen molar-refractivity contribution in [1.82, 2.24) is 13.6 Å². The molecule has 0 saturated heterocycles. The third kappa shape index (κ3) is 3.62. The average molecular weight is 503 g/mol. The minimum Gasteiger partial charge on any atom is -0.267 e. The summed E-state index contributed by atoms with van der Waals surface area (Å²) in [6.45, 7) is 1.91. The Morgan fingerprint density at radius 3 is 2.66 bits per heavy atom. The summed E-state index contributed by atoms with van der Waals surface area (Å²) in [5.74, 6) is 0. The van der Waals surface area contributed by atoms with E-state index in [0.717, 1.165) is 47.0 Å². The third-order valence-corrected chi connectivity index (χ3v) is 9.35. The normalized spacial score (nSPS) is 14.2. The van der Waals surface area contributed by atoms with Crippen LogP contribution in [0.1, 0.15) is 34.4 Å². The van der Waals surface area contributed by atoms with Gasteiger partial charge in [0.2, 0.25) is 0 Å². The van der Waals surface area contributed by atoms with Gasteiger partial charge < -0.3 is 0 Å². The van der Waals surface area contributed by atoms with Crippen LogP contribution in [-0.4, -0.2) is 28.3 Å². The van der Waals surface area contributed by atoms with Gasteiger partial charge in [0.15, 0.2) is 0 Å². The van der Waals surface area contributed by atoms with E-state index >= 15 is 0 Å². The maximum Gasteiger partial charge on any atom is 0.282 e. The molecular formula is C26H22N4O3S2. The predicted octanol–water partition coefficient (Wildman–Crippen LogP) is 4.72. The number of nitrogens with zero attached hydrogens (tertiary/aromatic N) is 4. The van der Waals surface area contributed by atoms with Crippen LogP contribution < -0.4 is 5.56 Å². The van der Waals surface area contributed by atoms with E-state index in [0.29, 0.717) is 16.5 Å². The molecule has 0 bridgehead atoms. The highest BCUT2D eigenvalue weighted by molar-refractivity contribution is 7.90. The van der Waals surface area contributed by atoms with E-state index in [1.807, 2.05) is 19.1 Å². The van der Waals surface area contributed by atoms with Crippen molar-refractivity contribution in [2.75, 3.05) is 0 Å². The van der Waals surface area contributed by atoms with Crippen LogP contribution in [0.3, 0.4) is 0 Å². The second-order valence-electron chi connectivity index (χ2n) is 8.75. The molecule has 7 nitrogen and oxygen atoms in total. The van der Waals surface area contributed by atoms with Crippen LogP contribution in [0, 0.1) is 6.92 Å². The molecule has 2 aromatic carbocycles. The molecule has 9 heteroatoms. The molecular weight excluding hydrogens is 480 g/mol. The Morgan fingerprint density at radius 2 is 1.83 bits per heavy atom. The van der Waals surface area contributed by atoms with Crippen molar-refractivity contribution in [2.24, 2.45) is 5.10 Å². The first-order valence-corrected chi connectivity index (χ1v) is 13.7. The number of benzene rings is 2. The standard InChI is InChI=1S/C26H22N4O3S2/c1-17-10-12-19(13-11-17)35(32,33)30-15-18(20-6-2-4-8-22(20)30)14-28-29-16-27-25-24(26(29)31)21-7-3-5-9-23(21)34-25/h2,4,6,8,10-16H,3,5,7,9H2,1H3/b28-14-. The van der Waals surface area contributed by atoms with Crippen molar-refractivity contribution in [3.8, 4) is 0 Å². The Labute approximate surface area is 206 Å². The summed E-state index contributed by atoms with van der Waals surface area (Å²) in [6.07, 6.45) is 8.61. The number of aryl methyl sites for hydroxylation is 3. The molecule has 1 aliphatic rings. The minimum atomic E-state index is -3.81. The Bertz CT molecular complexity index is 1790. The second kappa shape index (κ2) is 8.28. The smallest absolute Gasteiger partial charge is 0.267 e. The lowest BCUT2D eigenvalue weighted by atomic mass is 9.97. The quantitative estimate of drug-likeness (QED) is 0.333. The van der Waals surface area contributed by atoms with Gasteiger partial charge in [-0.25, -0.2) is 17.4 Å². The molecule has 0 atom stereocenters. The van der Waals surface area contributed by atoms with Gasteiger partial charge in [0, 0.05) is 22.0 Å². The van der Waals surface area contributed by atoms with Gasteiger partial charge in [0.25, 0.3) is 15.6 Å². The van der Waals surface area contributed by atoms with Crippen LogP contribution in [0.15, 0.2) is 75.8 Å². The van der Waals surface area contributed by atoms with Crippen molar-refractivity contribution in [1.29, 1.82) is 0 Å². The van der Waals surface area contributed by atoms with Crippen LogP contribution in [-0.2, 0) is 22.9 Å². The molecule has 0 unspecified atom stereocenters. The molecule has 0 fully saturated rings. The first-order chi connectivity index (χ1) is 16.9. The van der Waals surface area contributed by atoms with Crippen LogP contribution in [0.5, 0.6) is 0 Å². The maximum absolute atomic E-state index is 13.4. The lowest BCUT2D eigenvalue weighted by Crippen LogP contribution is -2.18. The molecule has 0 N–H and O–H groups in total. The zero-order valence-electron chi connectivity index (χ0n) is 19.0. The van der Waals surface area contributed by atoms with Crippen LogP contribution >= 0.6 is 11.3 Å². The van der Waals surface area contributed by atoms with Gasteiger partial charge >= 0.3 is 0 Å². The van der Waals surface area contributed by atoms with Gasteiger partial charge in [-0.3, -0.25) is 4.79 Å². The minimum absolute atomic E-state index is 0.193. The number of para-hydroxylation sites is 1. The summed E-state index contributed by atoms with van der Waals surface area (Å²) in [5, 5.41) is 5.78. The third-order valence-electron chi connectivity index (χ3n) is 6.47. The highest BCUT2D eigenvalue weighted by Gasteiger charge is 2.22. The van der Waals surface area contributed by atoms with Gasteiger partial charge in [-0.1, -0.05) is 35.9 Å². The highest BCUT2D eigenvalue weighted by atomic mass is 32.2. The Morgan fingerprint density at radius 1 is 1.06 bits per heavy atom. The van der Waals surface area contributed by atoms with Gasteiger partial charge in [0.1, 0.15) is 11.2 Å². The van der Waals surface area contributed by atoms with E-state index in [1.165, 1.54) is 26.1 Å². The number of hydrogen-bond donors (Lipinski definition) is 0. The van der Waals surface area contributed by atoms with E-state index in [4.69, 9.17) is 0 Å². The van der Waals surface area contributed by atoms with Gasteiger partial charge in [0.05, 0.1) is 22.0 Å². The van der Waals surface area contributed by atoms with Gasteiger partial charge in [-0.15, -0.1) is 11.3 Å². The van der Waals surface area contributed by atoms with Crippen molar-refractivity contribution >= 4 is 48.7 Å². The largest absolute Gasteiger partial charge is 0.282 e. The number of rotatable bonds is 4. The van der Waals surface area contributed by atoms with E-state index in [9.17, 15) is 13.2 Å². The van der Waals surface area contributed by atoms with Crippen molar-refractivity contribution in [3.63, 3.8) is 0 Å². The Kier molecular flexibility index (Phi) is 5.19. The van der Waals surface area contributed by atoms with Crippen molar-refractivity contribution in [3.05, 3.63) is 93.0 Å². The van der Waals surface area contributed by atoms with Crippen LogP contribution in [0.25, 0.3) is 21.1 Å². The van der Waals surface area contributed by atoms with Crippen molar-refractivity contribution in [2.45, 2.75) is 37.5 Å². The fraction of sp³-hybridized carbons (Fsp3) is 0.192. The summed E-state index contributed by atoms with van der Waals surface area (Å²) in [6, 6.07) is 14.0. The molecule has 0 saturated carbocycles. The Balaban J connectivity index is 1.45. The molecule has 0 amide bonds. The number of aromatic nitrogens is 3. The lowest BCUT2D eigenvalue weighted by molar-refractivity contribution is 0.589. The summed E-state index contributed by atoms with van der Waals surface area (Å²) in [5.41, 5.74) is 3.04. The molecule has 0 aliphatic heterocycles. The zero-order chi connectivity index (χ0) is 24.2. The highest BCUT2D eigenvalue weighted by Crippen LogP contribution is 2.33. The molecule has 1 aliphatic carbocycles. The first-order valence-electron chi connectivity index (χ1n) is 11.4. The number of thiophene rings is 1. The van der Waals surface area contributed by atoms with Crippen LogP contribution in [0.4, 0.5) is 0 Å². The maximum atomic E-state index is 13.4. The van der Waals surface area contributed by atoms with E-state index in [-0.39, 0.29) is 10.5 Å². The molecule has 6 rings (SSSR count). The zero-order valence-corrected chi connectivity index (χ0v) is 20.6. The molecule has 5 aromatic rings. The average Bonchev–Trinajstić information content (AvgIpc) is 3.43. The summed E-state index contributed by atoms with van der Waals surface area (Å²) < 4.78 is 29.3. The molecule has 0 spiro atoms. The summed E-state index contributed by atoms with van der Waals surface area (Å²) in [4.78, 5) is 19.9.